The molecule has 38 heavy (non-hydrogen) atoms. The highest BCUT2D eigenvalue weighted by molar-refractivity contribution is 14.1. The van der Waals surface area contributed by atoms with Gasteiger partial charge in [0.05, 0.1) is 16.8 Å². The Morgan fingerprint density at radius 2 is 1.58 bits per heavy atom. The second kappa shape index (κ2) is 14.3. The summed E-state index contributed by atoms with van der Waals surface area (Å²) in [7, 11) is 0. The molecule has 0 spiro atoms. The zero-order valence-corrected chi connectivity index (χ0v) is 23.6. The zero-order valence-electron chi connectivity index (χ0n) is 20.7. The van der Waals surface area contributed by atoms with Crippen LogP contribution in [0.2, 0.25) is 5.02 Å². The summed E-state index contributed by atoms with van der Waals surface area (Å²) < 4.78 is 17.5. The molecule has 3 aromatic rings. The van der Waals surface area contributed by atoms with E-state index in [1.54, 1.807) is 60.7 Å². The highest BCUT2D eigenvalue weighted by Crippen LogP contribution is 2.35. The molecule has 8 nitrogen and oxygen atoms in total. The van der Waals surface area contributed by atoms with Gasteiger partial charge in [-0.25, -0.2) is 0 Å². The van der Waals surface area contributed by atoms with E-state index in [4.69, 9.17) is 25.8 Å². The van der Waals surface area contributed by atoms with Gasteiger partial charge in [-0.3, -0.25) is 9.59 Å². The molecule has 0 aliphatic rings. The number of ether oxygens (including phenoxy) is 3. The molecule has 196 valence electrons. The molecule has 0 saturated heterocycles. The van der Waals surface area contributed by atoms with E-state index in [1.165, 1.54) is 6.08 Å². The van der Waals surface area contributed by atoms with Crippen molar-refractivity contribution in [3.05, 3.63) is 80.4 Å². The van der Waals surface area contributed by atoms with Crippen LogP contribution in [0.5, 0.6) is 17.2 Å². The summed E-state index contributed by atoms with van der Waals surface area (Å²) in [5.74, 6) is 0.544. The third-order valence-electron chi connectivity index (χ3n) is 4.91. The predicted molar refractivity (Wildman–Crippen MR) is 156 cm³/mol. The second-order valence-corrected chi connectivity index (χ2v) is 9.29. The van der Waals surface area contributed by atoms with E-state index in [2.05, 4.69) is 33.2 Å². The minimum atomic E-state index is -0.552. The quantitative estimate of drug-likeness (QED) is 0.144. The van der Waals surface area contributed by atoms with Crippen LogP contribution >= 0.6 is 34.2 Å². The maximum atomic E-state index is 12.7. The molecule has 0 radical (unpaired) electrons. The number of rotatable bonds is 11. The van der Waals surface area contributed by atoms with Crippen LogP contribution in [0.15, 0.2) is 66.2 Å². The fraction of sp³-hybridized carbons (Fsp3) is 0.179. The average molecular weight is 646 g/mol. The monoisotopic (exact) mass is 645 g/mol. The van der Waals surface area contributed by atoms with Crippen LogP contribution in [0.1, 0.15) is 19.4 Å². The maximum absolute atomic E-state index is 12.7. The second-order valence-electron chi connectivity index (χ2n) is 7.69. The van der Waals surface area contributed by atoms with Crippen LogP contribution in [0.3, 0.4) is 0 Å². The molecule has 10 heteroatoms. The Morgan fingerprint density at radius 1 is 0.947 bits per heavy atom. The number of nitrogens with one attached hydrogen (secondary N) is 2. The highest BCUT2D eigenvalue weighted by atomic mass is 127. The van der Waals surface area contributed by atoms with E-state index in [0.717, 1.165) is 0 Å². The van der Waals surface area contributed by atoms with Crippen molar-refractivity contribution in [1.82, 2.24) is 0 Å². The third kappa shape index (κ3) is 8.39. The number of halogens is 2. The molecule has 0 fully saturated rings. The number of carbonyl (C=O) groups is 2. The van der Waals surface area contributed by atoms with Gasteiger partial charge in [-0.15, -0.1) is 0 Å². The highest BCUT2D eigenvalue weighted by Gasteiger charge is 2.16. The van der Waals surface area contributed by atoms with Crippen molar-refractivity contribution in [2.24, 2.45) is 0 Å². The lowest BCUT2D eigenvalue weighted by Crippen LogP contribution is -2.20. The fourth-order valence-corrected chi connectivity index (χ4v) is 4.16. The molecule has 3 rings (SSSR count). The average Bonchev–Trinajstić information content (AvgIpc) is 2.89. The Bertz CT molecular complexity index is 1350. The topological polar surface area (TPSA) is 110 Å². The van der Waals surface area contributed by atoms with Crippen LogP contribution < -0.4 is 24.8 Å². The molecule has 0 aliphatic carbocycles. The van der Waals surface area contributed by atoms with Gasteiger partial charge in [-0.2, -0.15) is 5.26 Å². The van der Waals surface area contributed by atoms with Crippen molar-refractivity contribution in [3.63, 3.8) is 0 Å². The first-order valence-electron chi connectivity index (χ1n) is 11.6. The van der Waals surface area contributed by atoms with Gasteiger partial charge in [0, 0.05) is 16.4 Å². The van der Waals surface area contributed by atoms with Gasteiger partial charge >= 0.3 is 0 Å². The minimum absolute atomic E-state index is 0.0897. The molecule has 2 N–H and O–H groups in total. The molecule has 0 aliphatic heterocycles. The summed E-state index contributed by atoms with van der Waals surface area (Å²) in [6.45, 7) is 4.34. The summed E-state index contributed by atoms with van der Waals surface area (Å²) in [4.78, 5) is 25.1. The lowest BCUT2D eigenvalue weighted by atomic mass is 10.1. The van der Waals surface area contributed by atoms with Crippen molar-refractivity contribution < 1.29 is 23.8 Å². The van der Waals surface area contributed by atoms with Crippen molar-refractivity contribution >= 4 is 63.5 Å². The first-order chi connectivity index (χ1) is 18.3. The number of carbonyl (C=O) groups excluding carboxylic acids is 2. The first-order valence-corrected chi connectivity index (χ1v) is 13.1. The van der Waals surface area contributed by atoms with E-state index in [-0.39, 0.29) is 18.1 Å². The largest absolute Gasteiger partial charge is 0.494 e. The molecule has 0 unspecified atom stereocenters. The Balaban J connectivity index is 1.74. The van der Waals surface area contributed by atoms with Crippen LogP contribution in [-0.2, 0) is 9.59 Å². The number of nitrogens with zero attached hydrogens (tertiary/aromatic N) is 1. The molecule has 0 saturated carbocycles. The Kier molecular flexibility index (Phi) is 10.8. The van der Waals surface area contributed by atoms with E-state index in [9.17, 15) is 14.9 Å². The standard InChI is InChI=1S/C28H25ClIN3O5/c1-3-36-23-11-9-22(10-12-23)33-28(35)19(16-31)13-18-14-24(30)27(25(15-18)37-4-2)38-17-26(34)32-21-7-5-20(29)6-8-21/h5-15H,3-4,17H2,1-2H3,(H,32,34)(H,33,35)/b19-13+. The van der Waals surface area contributed by atoms with Gasteiger partial charge in [-0.05, 0) is 109 Å². The van der Waals surface area contributed by atoms with Crippen LogP contribution in [0.4, 0.5) is 11.4 Å². The lowest BCUT2D eigenvalue weighted by molar-refractivity contribution is -0.118. The van der Waals surface area contributed by atoms with Gasteiger partial charge in [-0.1, -0.05) is 11.6 Å². The van der Waals surface area contributed by atoms with E-state index in [1.807, 2.05) is 19.9 Å². The summed E-state index contributed by atoms with van der Waals surface area (Å²) >= 11 is 7.93. The molecule has 2 amide bonds. The third-order valence-corrected chi connectivity index (χ3v) is 5.96. The van der Waals surface area contributed by atoms with E-state index < -0.39 is 5.91 Å². The minimum Gasteiger partial charge on any atom is -0.494 e. The van der Waals surface area contributed by atoms with Gasteiger partial charge < -0.3 is 24.8 Å². The summed E-state index contributed by atoms with van der Waals surface area (Å²) in [5.41, 5.74) is 1.60. The SMILES string of the molecule is CCOc1ccc(NC(=O)/C(C#N)=C/c2cc(I)c(OCC(=O)Nc3ccc(Cl)cc3)c(OCC)c2)cc1. The number of anilines is 2. The molecule has 0 bridgehead atoms. The van der Waals surface area contributed by atoms with Gasteiger partial charge in [0.1, 0.15) is 17.4 Å². The molecule has 0 aromatic heterocycles. The van der Waals surface area contributed by atoms with E-state index in [0.29, 0.717) is 56.0 Å². The number of nitriles is 1. The summed E-state index contributed by atoms with van der Waals surface area (Å²) in [5, 5.41) is 15.6. The molecule has 0 atom stereocenters. The molecule has 3 aromatic carbocycles. The van der Waals surface area contributed by atoms with Crippen LogP contribution in [0, 0.1) is 14.9 Å². The fourth-order valence-electron chi connectivity index (χ4n) is 3.26. The Morgan fingerprint density at radius 3 is 2.21 bits per heavy atom. The number of hydrogen-bond acceptors (Lipinski definition) is 6. The number of hydrogen-bond donors (Lipinski definition) is 2. The van der Waals surface area contributed by atoms with Gasteiger partial charge in [0.15, 0.2) is 18.1 Å². The number of benzene rings is 3. The van der Waals surface area contributed by atoms with Crippen LogP contribution in [0.25, 0.3) is 6.08 Å². The van der Waals surface area contributed by atoms with Gasteiger partial charge in [0.25, 0.3) is 11.8 Å². The first kappa shape index (κ1) is 28.8. The predicted octanol–water partition coefficient (Wildman–Crippen LogP) is 6.31. The molecular formula is C28H25ClIN3O5. The van der Waals surface area contributed by atoms with E-state index >= 15 is 0 Å². The smallest absolute Gasteiger partial charge is 0.266 e. The van der Waals surface area contributed by atoms with Crippen LogP contribution in [-0.4, -0.2) is 31.6 Å². The Hall–Kier alpha value is -3.75. The molecular weight excluding hydrogens is 621 g/mol. The lowest BCUT2D eigenvalue weighted by Gasteiger charge is -2.15. The maximum Gasteiger partial charge on any atom is 0.266 e. The normalized spacial score (nSPS) is 10.8. The van der Waals surface area contributed by atoms with Crippen molar-refractivity contribution in [2.45, 2.75) is 13.8 Å². The van der Waals surface area contributed by atoms with Crippen molar-refractivity contribution in [2.75, 3.05) is 30.5 Å². The molecule has 0 heterocycles. The van der Waals surface area contributed by atoms with Crippen molar-refractivity contribution in [3.8, 4) is 23.3 Å². The number of amides is 2. The Labute approximate surface area is 239 Å². The zero-order chi connectivity index (χ0) is 27.5. The summed E-state index contributed by atoms with van der Waals surface area (Å²) in [6.07, 6.45) is 1.46. The van der Waals surface area contributed by atoms with Crippen molar-refractivity contribution in [1.29, 1.82) is 5.26 Å². The summed E-state index contributed by atoms with van der Waals surface area (Å²) in [6, 6.07) is 18.9. The van der Waals surface area contributed by atoms with Gasteiger partial charge in [0.2, 0.25) is 0 Å².